The number of piperidine rings is 1. The fraction of sp³-hybridized carbons (Fsp3) is 0.588. The van der Waals surface area contributed by atoms with E-state index in [0.717, 1.165) is 37.4 Å². The summed E-state index contributed by atoms with van der Waals surface area (Å²) in [7, 11) is 0. The Morgan fingerprint density at radius 2 is 1.76 bits per heavy atom. The molecule has 1 saturated heterocycles. The van der Waals surface area contributed by atoms with Gasteiger partial charge in [-0.25, -0.2) is 4.39 Å². The number of hydrogen-bond donors (Lipinski definition) is 1. The van der Waals surface area contributed by atoms with Crippen LogP contribution < -0.4 is 5.32 Å². The van der Waals surface area contributed by atoms with Crippen LogP contribution in [0, 0.1) is 11.7 Å². The average molecular weight is 381 g/mol. The summed E-state index contributed by atoms with van der Waals surface area (Å²) < 4.78 is 51.7. The quantitative estimate of drug-likeness (QED) is 0.804. The maximum atomic E-state index is 13.4. The maximum absolute atomic E-state index is 13.4. The lowest BCUT2D eigenvalue weighted by Crippen LogP contribution is -2.45. The number of amides is 1. The van der Waals surface area contributed by atoms with E-state index in [1.165, 1.54) is 17.7 Å². The SMILES string of the molecule is Cl.O=C(c1cc(F)cc(C(F)(F)F)c1)N1CCC(NCC2CC2)CC1. The number of nitrogens with zero attached hydrogens (tertiary/aromatic N) is 1. The molecule has 0 atom stereocenters. The number of alkyl halides is 3. The molecule has 8 heteroatoms. The average Bonchev–Trinajstić information content (AvgIpc) is 3.35. The van der Waals surface area contributed by atoms with Gasteiger partial charge in [0.25, 0.3) is 5.91 Å². The molecule has 2 fully saturated rings. The highest BCUT2D eigenvalue weighted by atomic mass is 35.5. The van der Waals surface area contributed by atoms with E-state index in [9.17, 15) is 22.4 Å². The van der Waals surface area contributed by atoms with Gasteiger partial charge in [0, 0.05) is 24.7 Å². The minimum Gasteiger partial charge on any atom is -0.339 e. The number of hydrogen-bond acceptors (Lipinski definition) is 2. The first-order valence-electron chi connectivity index (χ1n) is 8.23. The Hall–Kier alpha value is -1.34. The van der Waals surface area contributed by atoms with Crippen molar-refractivity contribution in [2.75, 3.05) is 19.6 Å². The van der Waals surface area contributed by atoms with E-state index in [1.54, 1.807) is 0 Å². The molecule has 1 aromatic carbocycles. The van der Waals surface area contributed by atoms with E-state index in [2.05, 4.69) is 5.32 Å². The van der Waals surface area contributed by atoms with Gasteiger partial charge in [-0.15, -0.1) is 12.4 Å². The van der Waals surface area contributed by atoms with E-state index >= 15 is 0 Å². The van der Waals surface area contributed by atoms with Crippen LogP contribution in [-0.2, 0) is 6.18 Å². The van der Waals surface area contributed by atoms with Crippen LogP contribution in [0.15, 0.2) is 18.2 Å². The Morgan fingerprint density at radius 1 is 1.12 bits per heavy atom. The lowest BCUT2D eigenvalue weighted by Gasteiger charge is -2.32. The third-order valence-corrected chi connectivity index (χ3v) is 4.65. The smallest absolute Gasteiger partial charge is 0.339 e. The van der Waals surface area contributed by atoms with Gasteiger partial charge in [0.1, 0.15) is 5.82 Å². The largest absolute Gasteiger partial charge is 0.416 e. The Labute approximate surface area is 150 Å². The van der Waals surface area contributed by atoms with Gasteiger partial charge in [0.2, 0.25) is 0 Å². The lowest BCUT2D eigenvalue weighted by atomic mass is 10.0. The van der Waals surface area contributed by atoms with Crippen molar-refractivity contribution in [3.8, 4) is 0 Å². The second-order valence-electron chi connectivity index (χ2n) is 6.64. The second kappa shape index (κ2) is 7.91. The van der Waals surface area contributed by atoms with Crippen LogP contribution in [0.1, 0.15) is 41.6 Å². The molecule has 0 radical (unpaired) electrons. The van der Waals surface area contributed by atoms with E-state index < -0.39 is 23.5 Å². The van der Waals surface area contributed by atoms with Crippen LogP contribution in [0.5, 0.6) is 0 Å². The summed E-state index contributed by atoms with van der Waals surface area (Å²) in [6, 6.07) is 2.34. The molecule has 3 rings (SSSR count). The van der Waals surface area contributed by atoms with Crippen LogP contribution in [0.4, 0.5) is 17.6 Å². The zero-order valence-corrected chi connectivity index (χ0v) is 14.4. The van der Waals surface area contributed by atoms with Crippen molar-refractivity contribution < 1.29 is 22.4 Å². The zero-order valence-electron chi connectivity index (χ0n) is 13.6. The predicted molar refractivity (Wildman–Crippen MR) is 88.3 cm³/mol. The highest BCUT2D eigenvalue weighted by Crippen LogP contribution is 2.31. The number of halogens is 5. The fourth-order valence-electron chi connectivity index (χ4n) is 3.00. The van der Waals surface area contributed by atoms with Gasteiger partial charge < -0.3 is 10.2 Å². The predicted octanol–water partition coefficient (Wildman–Crippen LogP) is 3.87. The molecule has 1 aliphatic carbocycles. The van der Waals surface area contributed by atoms with Crippen molar-refractivity contribution in [1.29, 1.82) is 0 Å². The van der Waals surface area contributed by atoms with Crippen molar-refractivity contribution in [3.05, 3.63) is 35.1 Å². The topological polar surface area (TPSA) is 32.3 Å². The van der Waals surface area contributed by atoms with Crippen LogP contribution >= 0.6 is 12.4 Å². The molecule has 140 valence electrons. The summed E-state index contributed by atoms with van der Waals surface area (Å²) in [5.41, 5.74) is -1.38. The van der Waals surface area contributed by atoms with Gasteiger partial charge in [-0.3, -0.25) is 4.79 Å². The van der Waals surface area contributed by atoms with Crippen LogP contribution in [-0.4, -0.2) is 36.5 Å². The molecule has 0 bridgehead atoms. The molecule has 2 aliphatic rings. The Morgan fingerprint density at radius 3 is 2.32 bits per heavy atom. The molecule has 0 aromatic heterocycles. The first-order valence-corrected chi connectivity index (χ1v) is 8.23. The third-order valence-electron chi connectivity index (χ3n) is 4.65. The van der Waals surface area contributed by atoms with E-state index in [4.69, 9.17) is 0 Å². The Balaban J connectivity index is 0.00000225. The van der Waals surface area contributed by atoms with Crippen molar-refractivity contribution in [1.82, 2.24) is 10.2 Å². The van der Waals surface area contributed by atoms with E-state index in [1.807, 2.05) is 0 Å². The second-order valence-corrected chi connectivity index (χ2v) is 6.64. The molecule has 0 unspecified atom stereocenters. The molecule has 1 saturated carbocycles. The molecule has 1 aliphatic heterocycles. The summed E-state index contributed by atoms with van der Waals surface area (Å²) in [5, 5.41) is 3.47. The van der Waals surface area contributed by atoms with Gasteiger partial charge >= 0.3 is 6.18 Å². The third kappa shape index (κ3) is 5.31. The van der Waals surface area contributed by atoms with Gasteiger partial charge in [-0.1, -0.05) is 0 Å². The molecular weight excluding hydrogens is 360 g/mol. The van der Waals surface area contributed by atoms with Gasteiger partial charge in [0.15, 0.2) is 0 Å². The standard InChI is InChI=1S/C17H20F4N2O.ClH/c18-14-8-12(7-13(9-14)17(19,20)21)16(24)23-5-3-15(4-6-23)22-10-11-1-2-11;/h7-9,11,15,22H,1-6,10H2;1H. The number of rotatable bonds is 4. The molecule has 1 aromatic rings. The maximum Gasteiger partial charge on any atom is 0.416 e. The van der Waals surface area contributed by atoms with Crippen molar-refractivity contribution in [3.63, 3.8) is 0 Å². The monoisotopic (exact) mass is 380 g/mol. The molecule has 1 N–H and O–H groups in total. The van der Waals surface area contributed by atoms with Crippen molar-refractivity contribution in [2.45, 2.75) is 37.9 Å². The van der Waals surface area contributed by atoms with Crippen molar-refractivity contribution >= 4 is 18.3 Å². The summed E-state index contributed by atoms with van der Waals surface area (Å²) in [6.07, 6.45) is -0.604. The zero-order chi connectivity index (χ0) is 17.3. The van der Waals surface area contributed by atoms with Crippen LogP contribution in [0.25, 0.3) is 0 Å². The molecule has 1 heterocycles. The number of benzene rings is 1. The molecule has 0 spiro atoms. The van der Waals surface area contributed by atoms with Gasteiger partial charge in [-0.05, 0) is 56.3 Å². The summed E-state index contributed by atoms with van der Waals surface area (Å²) in [5.74, 6) is -0.812. The van der Waals surface area contributed by atoms with E-state index in [-0.39, 0.29) is 18.0 Å². The highest BCUT2D eigenvalue weighted by molar-refractivity contribution is 5.94. The van der Waals surface area contributed by atoms with Gasteiger partial charge in [-0.2, -0.15) is 13.2 Å². The summed E-state index contributed by atoms with van der Waals surface area (Å²) in [6.45, 7) is 1.94. The number of carbonyl (C=O) groups excluding carboxylic acids is 1. The summed E-state index contributed by atoms with van der Waals surface area (Å²) >= 11 is 0. The minimum atomic E-state index is -4.67. The van der Waals surface area contributed by atoms with Crippen LogP contribution in [0.2, 0.25) is 0 Å². The van der Waals surface area contributed by atoms with Crippen molar-refractivity contribution in [2.24, 2.45) is 5.92 Å². The lowest BCUT2D eigenvalue weighted by molar-refractivity contribution is -0.137. The number of carbonyl (C=O) groups is 1. The van der Waals surface area contributed by atoms with Gasteiger partial charge in [0.05, 0.1) is 5.56 Å². The number of nitrogens with one attached hydrogen (secondary N) is 1. The summed E-state index contributed by atoms with van der Waals surface area (Å²) in [4.78, 5) is 13.9. The Bertz CT molecular complexity index is 611. The molecule has 1 amide bonds. The Kier molecular flexibility index (Phi) is 6.32. The molecular formula is C17H21ClF4N2O. The number of likely N-dealkylation sites (tertiary alicyclic amines) is 1. The highest BCUT2D eigenvalue weighted by Gasteiger charge is 2.33. The minimum absolute atomic E-state index is 0. The molecule has 3 nitrogen and oxygen atoms in total. The molecule has 25 heavy (non-hydrogen) atoms. The first-order chi connectivity index (χ1) is 11.3. The van der Waals surface area contributed by atoms with E-state index in [0.29, 0.717) is 25.2 Å². The fourth-order valence-corrected chi connectivity index (χ4v) is 3.00. The first kappa shape index (κ1) is 20.0. The van der Waals surface area contributed by atoms with Crippen LogP contribution in [0.3, 0.4) is 0 Å². The normalized spacial score (nSPS) is 18.8.